The molecule has 4 rings (SSSR count). The van der Waals surface area contributed by atoms with Crippen molar-refractivity contribution in [3.63, 3.8) is 0 Å². The molecule has 1 aromatic heterocycles. The Hall–Kier alpha value is -2.07. The average molecular weight is 532 g/mol. The second-order valence-corrected chi connectivity index (χ2v) is 12.1. The highest BCUT2D eigenvalue weighted by atomic mass is 32.2. The van der Waals surface area contributed by atoms with Gasteiger partial charge in [-0.25, -0.2) is 13.4 Å². The molecule has 0 spiro atoms. The van der Waals surface area contributed by atoms with E-state index in [4.69, 9.17) is 14.5 Å². The van der Waals surface area contributed by atoms with Gasteiger partial charge in [0.1, 0.15) is 5.75 Å². The first kappa shape index (κ1) is 27.0. The zero-order valence-electron chi connectivity index (χ0n) is 21.5. The number of imidazole rings is 1. The van der Waals surface area contributed by atoms with Gasteiger partial charge < -0.3 is 14.0 Å². The Kier molecular flexibility index (Phi) is 9.33. The third-order valence-electron chi connectivity index (χ3n) is 6.42. The number of benzene rings is 2. The highest BCUT2D eigenvalue weighted by Crippen LogP contribution is 2.31. The van der Waals surface area contributed by atoms with E-state index in [0.717, 1.165) is 48.0 Å². The molecular weight excluding hydrogens is 494 g/mol. The minimum Gasteiger partial charge on any atom is -0.494 e. The molecule has 0 radical (unpaired) electrons. The summed E-state index contributed by atoms with van der Waals surface area (Å²) in [5.41, 5.74) is 2.84. The van der Waals surface area contributed by atoms with E-state index in [2.05, 4.69) is 23.6 Å². The van der Waals surface area contributed by atoms with E-state index < -0.39 is 10.0 Å². The Morgan fingerprint density at radius 3 is 2.64 bits per heavy atom. The molecule has 2 heterocycles. The van der Waals surface area contributed by atoms with Gasteiger partial charge in [0.05, 0.1) is 22.5 Å². The van der Waals surface area contributed by atoms with Crippen LogP contribution in [-0.4, -0.2) is 55.2 Å². The largest absolute Gasteiger partial charge is 0.494 e. The number of hydrogen-bond acceptors (Lipinski definition) is 6. The first-order valence-corrected chi connectivity index (χ1v) is 15.3. The molecule has 196 valence electrons. The maximum atomic E-state index is 13.4. The summed E-state index contributed by atoms with van der Waals surface area (Å²) in [6.45, 7) is 10.0. The van der Waals surface area contributed by atoms with Crippen LogP contribution in [0.4, 0.5) is 0 Å². The van der Waals surface area contributed by atoms with Crippen LogP contribution in [0.5, 0.6) is 5.75 Å². The second-order valence-electron chi connectivity index (χ2n) is 9.22. The quantitative estimate of drug-likeness (QED) is 0.225. The zero-order valence-corrected chi connectivity index (χ0v) is 23.1. The molecule has 9 heteroatoms. The minimum absolute atomic E-state index is 0.325. The van der Waals surface area contributed by atoms with Crippen molar-refractivity contribution in [1.29, 1.82) is 0 Å². The van der Waals surface area contributed by atoms with Crippen LogP contribution in [0.1, 0.15) is 45.6 Å². The number of ether oxygens (including phenoxy) is 2. The number of sulfonamides is 1. The van der Waals surface area contributed by atoms with E-state index in [9.17, 15) is 8.42 Å². The van der Waals surface area contributed by atoms with Crippen LogP contribution in [0, 0.1) is 5.92 Å². The van der Waals surface area contributed by atoms with Crippen molar-refractivity contribution >= 4 is 32.8 Å². The van der Waals surface area contributed by atoms with Gasteiger partial charge in [0.25, 0.3) is 0 Å². The van der Waals surface area contributed by atoms with Gasteiger partial charge in [-0.1, -0.05) is 30.8 Å². The summed E-state index contributed by atoms with van der Waals surface area (Å²) in [6.07, 6.45) is 2.84. The van der Waals surface area contributed by atoms with Crippen molar-refractivity contribution in [3.05, 3.63) is 48.0 Å². The van der Waals surface area contributed by atoms with Gasteiger partial charge in [-0.15, -0.1) is 0 Å². The normalized spacial score (nSPS) is 17.0. The van der Waals surface area contributed by atoms with Crippen molar-refractivity contribution in [2.45, 2.75) is 62.4 Å². The standard InChI is InChI=1S/C27H37N3O4S2/c1-4-33-17-7-16-30-26-14-13-24(36(31,32)29-15-6-8-21(3)19-29)18-25(26)28-27(30)35-20-22-9-11-23(12-10-22)34-5-2/h9-14,18,21H,4-8,15-17,19-20H2,1-3H3/t21-/m1/s1. The number of piperidine rings is 1. The van der Waals surface area contributed by atoms with E-state index in [1.54, 1.807) is 28.2 Å². The first-order chi connectivity index (χ1) is 17.4. The number of rotatable bonds is 12. The summed E-state index contributed by atoms with van der Waals surface area (Å²) < 4.78 is 41.6. The fourth-order valence-corrected chi connectivity index (χ4v) is 7.17. The molecule has 7 nitrogen and oxygen atoms in total. The lowest BCUT2D eigenvalue weighted by molar-refractivity contribution is 0.141. The molecule has 2 aromatic carbocycles. The number of hydrogen-bond donors (Lipinski definition) is 0. The number of thioether (sulfide) groups is 1. The summed E-state index contributed by atoms with van der Waals surface area (Å²) in [4.78, 5) is 5.21. The third-order valence-corrected chi connectivity index (χ3v) is 9.33. The minimum atomic E-state index is -3.53. The maximum Gasteiger partial charge on any atom is 0.243 e. The first-order valence-electron chi connectivity index (χ1n) is 12.8. The molecule has 3 aromatic rings. The fraction of sp³-hybridized carbons (Fsp3) is 0.519. The van der Waals surface area contributed by atoms with E-state index in [0.29, 0.717) is 49.2 Å². The SMILES string of the molecule is CCOCCCn1c(SCc2ccc(OCC)cc2)nc2cc(S(=O)(=O)N3CCC[C@@H](C)C3)ccc21. The molecule has 1 aliphatic heterocycles. The van der Waals surface area contributed by atoms with Crippen molar-refractivity contribution in [2.75, 3.05) is 32.9 Å². The van der Waals surface area contributed by atoms with Crippen LogP contribution in [0.3, 0.4) is 0 Å². The smallest absolute Gasteiger partial charge is 0.243 e. The lowest BCUT2D eigenvalue weighted by Crippen LogP contribution is -2.39. The molecule has 1 saturated heterocycles. The number of aryl methyl sites for hydroxylation is 1. The highest BCUT2D eigenvalue weighted by molar-refractivity contribution is 7.98. The summed E-state index contributed by atoms with van der Waals surface area (Å²) >= 11 is 1.66. The Bertz CT molecular complexity index is 1240. The summed E-state index contributed by atoms with van der Waals surface area (Å²) in [7, 11) is -3.53. The van der Waals surface area contributed by atoms with Crippen LogP contribution in [0.2, 0.25) is 0 Å². The van der Waals surface area contributed by atoms with Crippen LogP contribution in [0.15, 0.2) is 52.5 Å². The predicted octanol–water partition coefficient (Wildman–Crippen LogP) is 5.57. The summed E-state index contributed by atoms with van der Waals surface area (Å²) in [5, 5.41) is 0.886. The van der Waals surface area contributed by atoms with E-state index in [1.165, 1.54) is 5.56 Å². The van der Waals surface area contributed by atoms with Gasteiger partial charge >= 0.3 is 0 Å². The fourth-order valence-electron chi connectivity index (χ4n) is 4.55. The number of fused-ring (bicyclic) bond motifs is 1. The molecular formula is C27H37N3O4S2. The Morgan fingerprint density at radius 2 is 1.92 bits per heavy atom. The van der Waals surface area contributed by atoms with E-state index >= 15 is 0 Å². The van der Waals surface area contributed by atoms with Gasteiger partial charge in [0, 0.05) is 38.6 Å². The van der Waals surface area contributed by atoms with Gasteiger partial charge in [0.15, 0.2) is 5.16 Å². The Morgan fingerprint density at radius 1 is 1.11 bits per heavy atom. The van der Waals surface area contributed by atoms with Crippen LogP contribution >= 0.6 is 11.8 Å². The second kappa shape index (κ2) is 12.4. The van der Waals surface area contributed by atoms with Crippen molar-refractivity contribution in [3.8, 4) is 5.75 Å². The molecule has 0 bridgehead atoms. The van der Waals surface area contributed by atoms with Gasteiger partial charge in [0.2, 0.25) is 10.0 Å². The zero-order chi connectivity index (χ0) is 25.5. The predicted molar refractivity (Wildman–Crippen MR) is 145 cm³/mol. The van der Waals surface area contributed by atoms with E-state index in [1.807, 2.05) is 32.0 Å². The highest BCUT2D eigenvalue weighted by Gasteiger charge is 2.29. The molecule has 0 unspecified atom stereocenters. The van der Waals surface area contributed by atoms with Gasteiger partial charge in [-0.05, 0) is 74.9 Å². The molecule has 0 saturated carbocycles. The van der Waals surface area contributed by atoms with Gasteiger partial charge in [-0.2, -0.15) is 4.31 Å². The number of aromatic nitrogens is 2. The average Bonchev–Trinajstić information content (AvgIpc) is 3.23. The van der Waals surface area contributed by atoms with Crippen LogP contribution in [-0.2, 0) is 27.1 Å². The molecule has 1 aliphatic rings. The molecule has 0 amide bonds. The molecule has 0 aliphatic carbocycles. The van der Waals surface area contributed by atoms with Crippen molar-refractivity contribution in [2.24, 2.45) is 5.92 Å². The van der Waals surface area contributed by atoms with Crippen LogP contribution in [0.25, 0.3) is 11.0 Å². The third kappa shape index (κ3) is 6.43. The van der Waals surface area contributed by atoms with E-state index in [-0.39, 0.29) is 0 Å². The lowest BCUT2D eigenvalue weighted by Gasteiger charge is -2.30. The Balaban J connectivity index is 1.59. The van der Waals surface area contributed by atoms with Gasteiger partial charge in [-0.3, -0.25) is 0 Å². The molecule has 0 N–H and O–H groups in total. The summed E-state index contributed by atoms with van der Waals surface area (Å²) in [5.74, 6) is 2.01. The summed E-state index contributed by atoms with van der Waals surface area (Å²) in [6, 6.07) is 13.5. The Labute approximate surface area is 219 Å². The number of nitrogens with zero attached hydrogens (tertiary/aromatic N) is 3. The topological polar surface area (TPSA) is 73.7 Å². The molecule has 1 fully saturated rings. The maximum absolute atomic E-state index is 13.4. The monoisotopic (exact) mass is 531 g/mol. The van der Waals surface area contributed by atoms with Crippen molar-refractivity contribution < 1.29 is 17.9 Å². The molecule has 36 heavy (non-hydrogen) atoms. The lowest BCUT2D eigenvalue weighted by atomic mass is 10.0. The van der Waals surface area contributed by atoms with Crippen molar-refractivity contribution in [1.82, 2.24) is 13.9 Å². The molecule has 1 atom stereocenters. The van der Waals surface area contributed by atoms with Crippen LogP contribution < -0.4 is 4.74 Å².